The molecule has 1 aromatic carbocycles. The normalized spacial score (nSPS) is 11.3. The molecule has 3 aromatic rings. The molecule has 0 aliphatic heterocycles. The third kappa shape index (κ3) is 4.87. The number of benzene rings is 1. The number of aromatic nitrogens is 2. The summed E-state index contributed by atoms with van der Waals surface area (Å²) in [5, 5.41) is 0.734. The van der Waals surface area contributed by atoms with E-state index in [0.717, 1.165) is 18.2 Å². The number of hydrogen-bond donors (Lipinski definition) is 2. The SMILES string of the molecule is CCCCN(Cc1cc(=O)oc2cc(OC)ccc12)c1c(N)n(CC(C)C)c(=O)[nH]c1=O. The molecule has 0 radical (unpaired) electrons. The lowest BCUT2D eigenvalue weighted by Gasteiger charge is -2.27. The predicted octanol–water partition coefficient (Wildman–Crippen LogP) is 2.70. The molecule has 0 amide bonds. The number of hydrogen-bond acceptors (Lipinski definition) is 7. The fraction of sp³-hybridized carbons (Fsp3) is 0.435. The number of H-pyrrole nitrogens is 1. The van der Waals surface area contributed by atoms with Crippen LogP contribution in [-0.4, -0.2) is 23.2 Å². The standard InChI is InChI=1S/C23H30N4O5/c1-5-6-9-26(20-21(24)27(12-14(2)3)23(30)25-22(20)29)13-15-10-19(28)32-18-11-16(31-4)7-8-17(15)18/h7-8,10-11,14H,5-6,9,12-13,24H2,1-4H3,(H,25,29,30). The highest BCUT2D eigenvalue weighted by atomic mass is 16.5. The molecule has 0 saturated heterocycles. The molecule has 0 aliphatic rings. The molecule has 3 N–H and O–H groups in total. The molecule has 9 nitrogen and oxygen atoms in total. The Balaban J connectivity index is 2.14. The number of ether oxygens (including phenoxy) is 1. The van der Waals surface area contributed by atoms with Gasteiger partial charge in [0.15, 0.2) is 0 Å². The van der Waals surface area contributed by atoms with Crippen LogP contribution in [0.2, 0.25) is 0 Å². The van der Waals surface area contributed by atoms with Crippen molar-refractivity contribution >= 4 is 22.5 Å². The van der Waals surface area contributed by atoms with E-state index in [9.17, 15) is 14.4 Å². The topological polar surface area (TPSA) is 124 Å². The fourth-order valence-corrected chi connectivity index (χ4v) is 3.72. The Morgan fingerprint density at radius 2 is 1.97 bits per heavy atom. The van der Waals surface area contributed by atoms with E-state index in [0.29, 0.717) is 30.0 Å². The second kappa shape index (κ2) is 9.76. The Kier molecular flexibility index (Phi) is 7.07. The smallest absolute Gasteiger partial charge is 0.336 e. The number of nitrogens with zero attached hydrogens (tertiary/aromatic N) is 2. The molecule has 0 spiro atoms. The van der Waals surface area contributed by atoms with E-state index < -0.39 is 16.9 Å². The highest BCUT2D eigenvalue weighted by molar-refractivity contribution is 5.82. The third-order valence-electron chi connectivity index (χ3n) is 5.26. The number of rotatable bonds is 9. The molecule has 9 heteroatoms. The van der Waals surface area contributed by atoms with Gasteiger partial charge in [-0.15, -0.1) is 0 Å². The molecule has 0 atom stereocenters. The summed E-state index contributed by atoms with van der Waals surface area (Å²) in [5.74, 6) is 0.857. The van der Waals surface area contributed by atoms with Gasteiger partial charge in [-0.3, -0.25) is 14.3 Å². The number of nitrogen functional groups attached to an aromatic ring is 1. The Morgan fingerprint density at radius 3 is 2.62 bits per heavy atom. The van der Waals surface area contributed by atoms with Crippen LogP contribution in [0.25, 0.3) is 11.0 Å². The zero-order valence-electron chi connectivity index (χ0n) is 18.9. The summed E-state index contributed by atoms with van der Waals surface area (Å²) in [4.78, 5) is 41.6. The van der Waals surface area contributed by atoms with Gasteiger partial charge < -0.3 is 19.8 Å². The van der Waals surface area contributed by atoms with Crippen molar-refractivity contribution in [3.8, 4) is 5.75 Å². The van der Waals surface area contributed by atoms with Gasteiger partial charge in [-0.1, -0.05) is 27.2 Å². The van der Waals surface area contributed by atoms with E-state index in [1.165, 1.54) is 17.7 Å². The Bertz CT molecular complexity index is 1270. The van der Waals surface area contributed by atoms with Gasteiger partial charge >= 0.3 is 11.3 Å². The van der Waals surface area contributed by atoms with Crippen molar-refractivity contribution < 1.29 is 9.15 Å². The van der Waals surface area contributed by atoms with Crippen LogP contribution in [0.1, 0.15) is 39.2 Å². The highest BCUT2D eigenvalue weighted by Crippen LogP contribution is 2.26. The summed E-state index contributed by atoms with van der Waals surface area (Å²) >= 11 is 0. The van der Waals surface area contributed by atoms with Crippen LogP contribution in [0.3, 0.4) is 0 Å². The fourth-order valence-electron chi connectivity index (χ4n) is 3.72. The molecule has 2 heterocycles. The summed E-state index contributed by atoms with van der Waals surface area (Å²) < 4.78 is 12.0. The molecule has 172 valence electrons. The van der Waals surface area contributed by atoms with Crippen LogP contribution in [0.5, 0.6) is 5.75 Å². The van der Waals surface area contributed by atoms with Crippen molar-refractivity contribution in [2.45, 2.75) is 46.7 Å². The van der Waals surface area contributed by atoms with Crippen LogP contribution in [0.4, 0.5) is 11.5 Å². The first kappa shape index (κ1) is 23.2. The Labute approximate surface area is 185 Å². The van der Waals surface area contributed by atoms with E-state index >= 15 is 0 Å². The summed E-state index contributed by atoms with van der Waals surface area (Å²) in [6.45, 7) is 7.14. The Morgan fingerprint density at radius 1 is 1.22 bits per heavy atom. The molecule has 3 rings (SSSR count). The van der Waals surface area contributed by atoms with Crippen LogP contribution in [0.15, 0.2) is 43.1 Å². The molecule has 0 bridgehead atoms. The van der Waals surface area contributed by atoms with Gasteiger partial charge in [0.2, 0.25) is 0 Å². The van der Waals surface area contributed by atoms with E-state index in [1.807, 2.05) is 31.7 Å². The first-order chi connectivity index (χ1) is 15.2. The number of nitrogens with one attached hydrogen (secondary N) is 1. The second-order valence-corrected chi connectivity index (χ2v) is 8.23. The number of unbranched alkanes of at least 4 members (excludes halogenated alkanes) is 1. The van der Waals surface area contributed by atoms with E-state index in [4.69, 9.17) is 14.9 Å². The maximum Gasteiger partial charge on any atom is 0.336 e. The van der Waals surface area contributed by atoms with Crippen molar-refractivity contribution in [2.24, 2.45) is 5.92 Å². The van der Waals surface area contributed by atoms with E-state index in [-0.39, 0.29) is 24.0 Å². The van der Waals surface area contributed by atoms with E-state index in [1.54, 1.807) is 12.1 Å². The van der Waals surface area contributed by atoms with Gasteiger partial charge in [-0.25, -0.2) is 9.59 Å². The average Bonchev–Trinajstić information content (AvgIpc) is 2.73. The average molecular weight is 443 g/mol. The maximum absolute atomic E-state index is 12.8. The minimum atomic E-state index is -0.544. The van der Waals surface area contributed by atoms with Crippen LogP contribution in [-0.2, 0) is 13.1 Å². The summed E-state index contributed by atoms with van der Waals surface area (Å²) in [5.41, 5.74) is 6.09. The minimum Gasteiger partial charge on any atom is -0.497 e. The zero-order chi connectivity index (χ0) is 23.4. The van der Waals surface area contributed by atoms with Crippen molar-refractivity contribution in [1.82, 2.24) is 9.55 Å². The first-order valence-corrected chi connectivity index (χ1v) is 10.7. The number of methoxy groups -OCH3 is 1. The minimum absolute atomic E-state index is 0.123. The summed E-state index contributed by atoms with van der Waals surface area (Å²) in [7, 11) is 1.54. The third-order valence-corrected chi connectivity index (χ3v) is 5.26. The first-order valence-electron chi connectivity index (χ1n) is 10.7. The van der Waals surface area contributed by atoms with Crippen molar-refractivity contribution in [3.05, 3.63) is 61.1 Å². The van der Waals surface area contributed by atoms with Crippen LogP contribution < -0.4 is 32.2 Å². The van der Waals surface area contributed by atoms with Gasteiger partial charge in [-0.05, 0) is 30.0 Å². The molecule has 0 unspecified atom stereocenters. The number of nitrogens with two attached hydrogens (primary N) is 1. The largest absolute Gasteiger partial charge is 0.497 e. The van der Waals surface area contributed by atoms with Crippen molar-refractivity contribution in [2.75, 3.05) is 24.3 Å². The van der Waals surface area contributed by atoms with Crippen LogP contribution in [0, 0.1) is 5.92 Å². The molecule has 0 aliphatic carbocycles. The lowest BCUT2D eigenvalue weighted by Crippen LogP contribution is -2.39. The van der Waals surface area contributed by atoms with Crippen molar-refractivity contribution in [1.29, 1.82) is 0 Å². The van der Waals surface area contributed by atoms with Gasteiger partial charge in [-0.2, -0.15) is 0 Å². The summed E-state index contributed by atoms with van der Waals surface area (Å²) in [6, 6.07) is 6.67. The maximum atomic E-state index is 12.8. The van der Waals surface area contributed by atoms with E-state index in [2.05, 4.69) is 4.98 Å². The van der Waals surface area contributed by atoms with Gasteiger partial charge in [0.05, 0.1) is 7.11 Å². The second-order valence-electron chi connectivity index (χ2n) is 8.23. The number of anilines is 2. The molecule has 0 fully saturated rings. The van der Waals surface area contributed by atoms with Gasteiger partial charge in [0, 0.05) is 37.2 Å². The number of fused-ring (bicyclic) bond motifs is 1. The van der Waals surface area contributed by atoms with Gasteiger partial charge in [0.1, 0.15) is 22.8 Å². The molecule has 0 saturated carbocycles. The monoisotopic (exact) mass is 442 g/mol. The summed E-state index contributed by atoms with van der Waals surface area (Å²) in [6.07, 6.45) is 1.70. The van der Waals surface area contributed by atoms with Gasteiger partial charge in [0.25, 0.3) is 5.56 Å². The quantitative estimate of drug-likeness (QED) is 0.488. The van der Waals surface area contributed by atoms with Crippen LogP contribution >= 0.6 is 0 Å². The molecule has 2 aromatic heterocycles. The molecular formula is C23H30N4O5. The molecule has 32 heavy (non-hydrogen) atoms. The molecular weight excluding hydrogens is 412 g/mol. The zero-order valence-corrected chi connectivity index (χ0v) is 18.9. The Hall–Kier alpha value is -3.49. The lowest BCUT2D eigenvalue weighted by molar-refractivity contribution is 0.414. The van der Waals surface area contributed by atoms with Crippen molar-refractivity contribution in [3.63, 3.8) is 0 Å². The highest BCUT2D eigenvalue weighted by Gasteiger charge is 2.21. The lowest BCUT2D eigenvalue weighted by atomic mass is 10.1. The number of aromatic amines is 1. The predicted molar refractivity (Wildman–Crippen MR) is 126 cm³/mol.